The summed E-state index contributed by atoms with van der Waals surface area (Å²) in [6.45, 7) is 4.89. The lowest BCUT2D eigenvalue weighted by Crippen LogP contribution is -2.35. The number of aromatic amines is 1. The van der Waals surface area contributed by atoms with Crippen molar-refractivity contribution in [3.63, 3.8) is 0 Å². The molecule has 9 nitrogen and oxygen atoms in total. The molecule has 0 radical (unpaired) electrons. The fraction of sp³-hybridized carbons (Fsp3) is 0.296. The highest BCUT2D eigenvalue weighted by Crippen LogP contribution is 2.32. The van der Waals surface area contributed by atoms with Crippen LogP contribution in [0.25, 0.3) is 0 Å². The third-order valence-corrected chi connectivity index (χ3v) is 8.06. The van der Waals surface area contributed by atoms with E-state index in [1.54, 1.807) is 32.9 Å². The maximum Gasteiger partial charge on any atom is 0.340 e. The highest BCUT2D eigenvalue weighted by molar-refractivity contribution is 7.92. The molecule has 1 N–H and O–H groups in total. The number of aryl methyl sites for hydroxylation is 2. The van der Waals surface area contributed by atoms with Crippen LogP contribution in [0.1, 0.15) is 61.4 Å². The van der Waals surface area contributed by atoms with Gasteiger partial charge in [0.2, 0.25) is 5.78 Å². The van der Waals surface area contributed by atoms with Crippen LogP contribution in [0.5, 0.6) is 0 Å². The first kappa shape index (κ1) is 26.2. The number of nitrogens with one attached hydrogen (secondary N) is 1. The quantitative estimate of drug-likeness (QED) is 0.349. The maximum absolute atomic E-state index is 13.4. The number of ketones is 1. The number of fused-ring (bicyclic) bond motifs is 1. The zero-order valence-electron chi connectivity index (χ0n) is 20.9. The average Bonchev–Trinajstić information content (AvgIpc) is 3.20. The number of H-pyrrole nitrogens is 1. The van der Waals surface area contributed by atoms with Gasteiger partial charge in [0.25, 0.3) is 10.0 Å². The molecule has 1 aliphatic rings. The molecule has 2 aromatic carbocycles. The molecule has 0 spiro atoms. The Bertz CT molecular complexity index is 1470. The first-order chi connectivity index (χ1) is 17.6. The third kappa shape index (κ3) is 5.15. The van der Waals surface area contributed by atoms with Gasteiger partial charge in [-0.2, -0.15) is 0 Å². The molecule has 2 heterocycles. The Morgan fingerprint density at radius 2 is 1.76 bits per heavy atom. The molecule has 0 unspecified atom stereocenters. The van der Waals surface area contributed by atoms with Crippen molar-refractivity contribution in [3.05, 3.63) is 82.2 Å². The van der Waals surface area contributed by atoms with Crippen molar-refractivity contribution >= 4 is 33.4 Å². The minimum absolute atomic E-state index is 0.00534. The summed E-state index contributed by atoms with van der Waals surface area (Å²) >= 11 is 0. The number of aromatic nitrogens is 1. The molecule has 0 aliphatic carbocycles. The van der Waals surface area contributed by atoms with Crippen LogP contribution in [0.3, 0.4) is 0 Å². The molecule has 0 amide bonds. The van der Waals surface area contributed by atoms with Crippen molar-refractivity contribution in [2.24, 2.45) is 0 Å². The van der Waals surface area contributed by atoms with Gasteiger partial charge in [-0.1, -0.05) is 24.3 Å². The minimum atomic E-state index is -3.92. The van der Waals surface area contributed by atoms with Crippen LogP contribution >= 0.6 is 0 Å². The SMILES string of the molecule is CCOC(=O)c1c(C)[nH]c(C(=O)COC(=O)c2cccc(S(=O)(=O)N3CCCc4ccccc43)c2)c1C. The molecule has 0 saturated heterocycles. The van der Waals surface area contributed by atoms with E-state index >= 15 is 0 Å². The van der Waals surface area contributed by atoms with Gasteiger partial charge >= 0.3 is 11.9 Å². The van der Waals surface area contributed by atoms with Crippen LogP contribution in [0.2, 0.25) is 0 Å². The fourth-order valence-corrected chi connectivity index (χ4v) is 6.07. The molecule has 1 aliphatic heterocycles. The topological polar surface area (TPSA) is 123 Å². The van der Waals surface area contributed by atoms with Crippen molar-refractivity contribution in [3.8, 4) is 0 Å². The molecule has 3 aromatic rings. The van der Waals surface area contributed by atoms with Crippen molar-refractivity contribution < 1.29 is 32.3 Å². The third-order valence-electron chi connectivity index (χ3n) is 6.26. The lowest BCUT2D eigenvalue weighted by atomic mass is 10.0. The van der Waals surface area contributed by atoms with E-state index in [1.165, 1.54) is 28.6 Å². The smallest absolute Gasteiger partial charge is 0.340 e. The lowest BCUT2D eigenvalue weighted by molar-refractivity contribution is 0.0472. The number of esters is 2. The van der Waals surface area contributed by atoms with Gasteiger partial charge in [-0.3, -0.25) is 9.10 Å². The normalized spacial score (nSPS) is 13.1. The number of nitrogens with zero attached hydrogens (tertiary/aromatic N) is 1. The predicted octanol–water partition coefficient (Wildman–Crippen LogP) is 3.99. The molecule has 1 aromatic heterocycles. The Labute approximate surface area is 215 Å². The number of carbonyl (C=O) groups is 3. The molecule has 10 heteroatoms. The highest BCUT2D eigenvalue weighted by atomic mass is 32.2. The number of sulfonamides is 1. The molecule has 0 atom stereocenters. The first-order valence-electron chi connectivity index (χ1n) is 11.9. The van der Waals surface area contributed by atoms with Crippen LogP contribution in [0.4, 0.5) is 5.69 Å². The second-order valence-electron chi connectivity index (χ2n) is 8.68. The van der Waals surface area contributed by atoms with E-state index in [1.807, 2.05) is 12.1 Å². The Balaban J connectivity index is 1.50. The van der Waals surface area contributed by atoms with Gasteiger partial charge in [-0.05, 0) is 69.0 Å². The molecule has 194 valence electrons. The number of ether oxygens (including phenoxy) is 2. The van der Waals surface area contributed by atoms with Crippen LogP contribution in [0, 0.1) is 13.8 Å². The lowest BCUT2D eigenvalue weighted by Gasteiger charge is -2.30. The second kappa shape index (κ2) is 10.6. The summed E-state index contributed by atoms with van der Waals surface area (Å²) in [5.41, 5.74) is 2.89. The number of anilines is 1. The van der Waals surface area contributed by atoms with Gasteiger partial charge in [-0.25, -0.2) is 18.0 Å². The van der Waals surface area contributed by atoms with Crippen molar-refractivity contribution in [2.45, 2.75) is 38.5 Å². The van der Waals surface area contributed by atoms with Gasteiger partial charge in [0.15, 0.2) is 6.61 Å². The van der Waals surface area contributed by atoms with Crippen molar-refractivity contribution in [2.75, 3.05) is 24.1 Å². The first-order valence-corrected chi connectivity index (χ1v) is 13.4. The Hall–Kier alpha value is -3.92. The van der Waals surface area contributed by atoms with Gasteiger partial charge in [0.1, 0.15) is 0 Å². The predicted molar refractivity (Wildman–Crippen MR) is 137 cm³/mol. The summed E-state index contributed by atoms with van der Waals surface area (Å²) in [5, 5.41) is 0. The van der Waals surface area contributed by atoms with Crippen LogP contribution in [-0.2, 0) is 25.9 Å². The standard InChI is InChI=1S/C27H28N2O7S/c1-4-35-27(32)24-17(2)25(28-18(24)3)23(30)16-36-26(31)20-10-7-12-21(15-20)37(33,34)29-14-8-11-19-9-5-6-13-22(19)29/h5-7,9-10,12-13,15,28H,4,8,11,14,16H2,1-3H3. The molecule has 37 heavy (non-hydrogen) atoms. The van der Waals surface area contributed by atoms with E-state index < -0.39 is 34.4 Å². The number of hydrogen-bond acceptors (Lipinski definition) is 7. The van der Waals surface area contributed by atoms with Crippen molar-refractivity contribution in [1.82, 2.24) is 4.98 Å². The van der Waals surface area contributed by atoms with E-state index in [9.17, 15) is 22.8 Å². The van der Waals surface area contributed by atoms with Gasteiger partial charge < -0.3 is 14.5 Å². The van der Waals surface area contributed by atoms with Gasteiger partial charge in [-0.15, -0.1) is 0 Å². The minimum Gasteiger partial charge on any atom is -0.462 e. The summed E-state index contributed by atoms with van der Waals surface area (Å²) in [6.07, 6.45) is 1.49. The number of rotatable bonds is 8. The summed E-state index contributed by atoms with van der Waals surface area (Å²) < 4.78 is 38.4. The van der Waals surface area contributed by atoms with E-state index in [4.69, 9.17) is 9.47 Å². The molecule has 0 saturated carbocycles. The summed E-state index contributed by atoms with van der Waals surface area (Å²) in [4.78, 5) is 40.4. The fourth-order valence-electron chi connectivity index (χ4n) is 4.48. The molecular weight excluding hydrogens is 496 g/mol. The van der Waals surface area contributed by atoms with Crippen LogP contribution in [-0.4, -0.2) is 50.9 Å². The number of hydrogen-bond donors (Lipinski definition) is 1. The van der Waals surface area contributed by atoms with Gasteiger partial charge in [0.05, 0.1) is 34.0 Å². The molecule has 4 rings (SSSR count). The number of para-hydroxylation sites is 1. The maximum atomic E-state index is 13.4. The van der Waals surface area contributed by atoms with E-state index in [2.05, 4.69) is 4.98 Å². The number of carbonyl (C=O) groups excluding carboxylic acids is 3. The van der Waals surface area contributed by atoms with Crippen LogP contribution < -0.4 is 4.31 Å². The summed E-state index contributed by atoms with van der Waals surface area (Å²) in [7, 11) is -3.92. The van der Waals surface area contributed by atoms with Crippen LogP contribution in [0.15, 0.2) is 53.4 Å². The average molecular weight is 525 g/mol. The zero-order chi connectivity index (χ0) is 26.7. The zero-order valence-corrected chi connectivity index (χ0v) is 21.7. The summed E-state index contributed by atoms with van der Waals surface area (Å²) in [5.74, 6) is -1.91. The Kier molecular flexibility index (Phi) is 7.49. The monoisotopic (exact) mass is 524 g/mol. The summed E-state index contributed by atoms with van der Waals surface area (Å²) in [6, 6.07) is 12.9. The van der Waals surface area contributed by atoms with Crippen molar-refractivity contribution in [1.29, 1.82) is 0 Å². The molecule has 0 bridgehead atoms. The number of Topliss-reactive ketones (excluding diaryl/α,β-unsaturated/α-hetero) is 1. The van der Waals surface area contributed by atoms with Gasteiger partial charge in [0, 0.05) is 12.2 Å². The van der Waals surface area contributed by atoms with E-state index in [0.29, 0.717) is 29.9 Å². The Morgan fingerprint density at radius 3 is 2.51 bits per heavy atom. The number of benzene rings is 2. The largest absolute Gasteiger partial charge is 0.462 e. The van der Waals surface area contributed by atoms with E-state index in [-0.39, 0.29) is 28.3 Å². The highest BCUT2D eigenvalue weighted by Gasteiger charge is 2.30. The Morgan fingerprint density at radius 1 is 1.00 bits per heavy atom. The molecule has 0 fully saturated rings. The molecular formula is C27H28N2O7S. The van der Waals surface area contributed by atoms with E-state index in [0.717, 1.165) is 12.0 Å². The second-order valence-corrected chi connectivity index (χ2v) is 10.5.